The summed E-state index contributed by atoms with van der Waals surface area (Å²) in [7, 11) is 0. The lowest BCUT2D eigenvalue weighted by Gasteiger charge is -2.37. The lowest BCUT2D eigenvalue weighted by Crippen LogP contribution is -2.94. The van der Waals surface area contributed by atoms with Crippen LogP contribution in [0.3, 0.4) is 0 Å². The standard InChI is InChI=1S/C20H28N2O2/c1-19(2)15-8-9-20(19,3)18(10-15)22-12-16(23)13-24-17-6-4-14(11-21)5-7-17/h4-7,15-16,18,22-23H,8-10,12-13H2,1-3H3/p+1/t15-,16+,18-,20+/m1/s1. The predicted octanol–water partition coefficient (Wildman–Crippen LogP) is 2.08. The van der Waals surface area contributed by atoms with Crippen LogP contribution in [0, 0.1) is 28.1 Å². The number of nitriles is 1. The summed E-state index contributed by atoms with van der Waals surface area (Å²) in [5.74, 6) is 1.52. The summed E-state index contributed by atoms with van der Waals surface area (Å²) in [6.07, 6.45) is 3.46. The van der Waals surface area contributed by atoms with Crippen LogP contribution in [0.5, 0.6) is 5.75 Å². The highest BCUT2D eigenvalue weighted by Gasteiger charge is 2.63. The third-order valence-electron chi connectivity index (χ3n) is 6.98. The van der Waals surface area contributed by atoms with Crippen molar-refractivity contribution < 1.29 is 15.2 Å². The lowest BCUT2D eigenvalue weighted by atomic mass is 9.69. The highest BCUT2D eigenvalue weighted by molar-refractivity contribution is 5.34. The van der Waals surface area contributed by atoms with Crippen molar-refractivity contribution >= 4 is 0 Å². The van der Waals surface area contributed by atoms with E-state index < -0.39 is 6.10 Å². The van der Waals surface area contributed by atoms with E-state index in [1.807, 2.05) is 0 Å². The van der Waals surface area contributed by atoms with Crippen LogP contribution >= 0.6 is 0 Å². The molecule has 4 atom stereocenters. The van der Waals surface area contributed by atoms with Gasteiger partial charge in [0, 0.05) is 11.8 Å². The van der Waals surface area contributed by atoms with Crippen molar-refractivity contribution in [1.82, 2.24) is 0 Å². The molecule has 0 radical (unpaired) electrons. The lowest BCUT2D eigenvalue weighted by molar-refractivity contribution is -0.707. The fourth-order valence-corrected chi connectivity index (χ4v) is 4.83. The third kappa shape index (κ3) is 2.92. The van der Waals surface area contributed by atoms with Crippen LogP contribution in [0.2, 0.25) is 0 Å². The van der Waals surface area contributed by atoms with E-state index in [1.54, 1.807) is 24.3 Å². The molecular formula is C20H29N2O2+. The quantitative estimate of drug-likeness (QED) is 0.839. The van der Waals surface area contributed by atoms with Crippen LogP contribution in [0.1, 0.15) is 45.6 Å². The molecule has 3 N–H and O–H groups in total. The third-order valence-corrected chi connectivity index (χ3v) is 6.98. The predicted molar refractivity (Wildman–Crippen MR) is 92.5 cm³/mol. The topological polar surface area (TPSA) is 69.9 Å². The van der Waals surface area contributed by atoms with Crippen LogP contribution in [-0.4, -0.2) is 30.4 Å². The van der Waals surface area contributed by atoms with E-state index in [4.69, 9.17) is 10.00 Å². The second-order valence-electron chi connectivity index (χ2n) is 8.29. The molecule has 0 amide bonds. The monoisotopic (exact) mass is 329 g/mol. The molecule has 2 aliphatic rings. The van der Waals surface area contributed by atoms with E-state index in [1.165, 1.54) is 19.3 Å². The van der Waals surface area contributed by atoms with Crippen LogP contribution in [0.15, 0.2) is 24.3 Å². The molecule has 2 aliphatic carbocycles. The molecule has 3 rings (SSSR count). The van der Waals surface area contributed by atoms with Crippen molar-refractivity contribution in [2.75, 3.05) is 13.2 Å². The SMILES string of the molecule is CC1(C)[C@@H]2CC[C@@]1(C)[C@H]([NH2+]C[C@H](O)COc1ccc(C#N)cc1)C2. The fraction of sp³-hybridized carbons (Fsp3) is 0.650. The van der Waals surface area contributed by atoms with E-state index in [-0.39, 0.29) is 0 Å². The van der Waals surface area contributed by atoms with E-state index in [0.717, 1.165) is 5.92 Å². The first kappa shape index (κ1) is 17.3. The molecule has 4 heteroatoms. The smallest absolute Gasteiger partial charge is 0.137 e. The molecule has 2 fully saturated rings. The summed E-state index contributed by atoms with van der Waals surface area (Å²) in [6.45, 7) is 8.24. The van der Waals surface area contributed by atoms with Crippen LogP contribution in [-0.2, 0) is 0 Å². The average Bonchev–Trinajstić information content (AvgIpc) is 2.91. The van der Waals surface area contributed by atoms with Crippen molar-refractivity contribution in [2.45, 2.75) is 52.2 Å². The zero-order valence-corrected chi connectivity index (χ0v) is 15.0. The summed E-state index contributed by atoms with van der Waals surface area (Å²) < 4.78 is 5.63. The van der Waals surface area contributed by atoms with Gasteiger partial charge in [0.05, 0.1) is 17.7 Å². The van der Waals surface area contributed by atoms with Gasteiger partial charge in [-0.15, -0.1) is 0 Å². The number of aliphatic hydroxyl groups excluding tert-OH is 1. The number of ether oxygens (including phenoxy) is 1. The van der Waals surface area contributed by atoms with Crippen molar-refractivity contribution in [3.05, 3.63) is 29.8 Å². The van der Waals surface area contributed by atoms with Crippen LogP contribution < -0.4 is 10.1 Å². The van der Waals surface area contributed by atoms with Gasteiger partial charge < -0.3 is 15.2 Å². The van der Waals surface area contributed by atoms with Crippen molar-refractivity contribution in [2.24, 2.45) is 16.7 Å². The van der Waals surface area contributed by atoms with Crippen LogP contribution in [0.4, 0.5) is 0 Å². The first-order chi connectivity index (χ1) is 11.4. The maximum atomic E-state index is 10.2. The van der Waals surface area contributed by atoms with E-state index in [9.17, 15) is 5.11 Å². The van der Waals surface area contributed by atoms with Crippen molar-refractivity contribution in [1.29, 1.82) is 5.26 Å². The molecule has 2 saturated carbocycles. The van der Waals surface area contributed by atoms with Gasteiger partial charge in [0.1, 0.15) is 25.0 Å². The Hall–Kier alpha value is -1.57. The van der Waals surface area contributed by atoms with Gasteiger partial charge in [-0.25, -0.2) is 0 Å². The second-order valence-corrected chi connectivity index (χ2v) is 8.29. The molecule has 0 spiro atoms. The summed E-state index contributed by atoms with van der Waals surface area (Å²) in [5.41, 5.74) is 1.41. The van der Waals surface area contributed by atoms with Gasteiger partial charge in [-0.2, -0.15) is 5.26 Å². The highest BCUT2D eigenvalue weighted by Crippen LogP contribution is 2.64. The van der Waals surface area contributed by atoms with Gasteiger partial charge in [-0.05, 0) is 48.4 Å². The average molecular weight is 329 g/mol. The Morgan fingerprint density at radius 2 is 2.04 bits per heavy atom. The van der Waals surface area contributed by atoms with E-state index in [0.29, 0.717) is 41.3 Å². The van der Waals surface area contributed by atoms with Gasteiger partial charge in [0.25, 0.3) is 0 Å². The number of rotatable bonds is 6. The van der Waals surface area contributed by atoms with Gasteiger partial charge in [0.2, 0.25) is 0 Å². The summed E-state index contributed by atoms with van der Waals surface area (Å²) >= 11 is 0. The van der Waals surface area contributed by atoms with Crippen LogP contribution in [0.25, 0.3) is 0 Å². The normalized spacial score (nSPS) is 31.6. The van der Waals surface area contributed by atoms with Gasteiger partial charge in [0.15, 0.2) is 0 Å². The Bertz CT molecular complexity index is 620. The molecule has 0 aromatic heterocycles. The summed E-state index contributed by atoms with van der Waals surface area (Å²) in [5, 5.41) is 21.4. The maximum Gasteiger partial charge on any atom is 0.137 e. The minimum Gasteiger partial charge on any atom is -0.491 e. The zero-order chi connectivity index (χ0) is 17.4. The van der Waals surface area contributed by atoms with Gasteiger partial charge in [-0.3, -0.25) is 0 Å². The summed E-state index contributed by atoms with van der Waals surface area (Å²) in [4.78, 5) is 0. The Labute approximate surface area is 144 Å². The number of quaternary nitrogens is 1. The Morgan fingerprint density at radius 3 is 2.58 bits per heavy atom. The minimum atomic E-state index is -0.480. The first-order valence-corrected chi connectivity index (χ1v) is 9.01. The summed E-state index contributed by atoms with van der Waals surface area (Å²) in [6, 6.07) is 9.69. The van der Waals surface area contributed by atoms with Gasteiger partial charge >= 0.3 is 0 Å². The highest BCUT2D eigenvalue weighted by atomic mass is 16.5. The van der Waals surface area contributed by atoms with Crippen molar-refractivity contribution in [3.63, 3.8) is 0 Å². The number of benzene rings is 1. The minimum absolute atomic E-state index is 0.290. The first-order valence-electron chi connectivity index (χ1n) is 9.01. The molecule has 4 nitrogen and oxygen atoms in total. The van der Waals surface area contributed by atoms with Gasteiger partial charge in [-0.1, -0.05) is 20.8 Å². The molecule has 1 aromatic carbocycles. The molecule has 24 heavy (non-hydrogen) atoms. The zero-order valence-electron chi connectivity index (χ0n) is 15.0. The van der Waals surface area contributed by atoms with Crippen molar-refractivity contribution in [3.8, 4) is 11.8 Å². The number of fused-ring (bicyclic) bond motifs is 2. The Morgan fingerprint density at radius 1 is 1.33 bits per heavy atom. The molecule has 0 saturated heterocycles. The molecule has 2 bridgehead atoms. The Kier molecular flexibility index (Phi) is 4.59. The Balaban J connectivity index is 1.46. The fourth-order valence-electron chi connectivity index (χ4n) is 4.83. The largest absolute Gasteiger partial charge is 0.491 e. The molecule has 0 heterocycles. The number of nitrogens with two attached hydrogens (primary N) is 1. The molecular weight excluding hydrogens is 300 g/mol. The number of nitrogens with zero attached hydrogens (tertiary/aromatic N) is 1. The number of aliphatic hydroxyl groups is 1. The molecule has 0 unspecified atom stereocenters. The number of hydrogen-bond donors (Lipinski definition) is 2. The number of hydrogen-bond acceptors (Lipinski definition) is 3. The molecule has 1 aromatic rings. The molecule has 130 valence electrons. The second kappa shape index (κ2) is 6.38. The molecule has 0 aliphatic heterocycles. The van der Waals surface area contributed by atoms with E-state index >= 15 is 0 Å². The maximum absolute atomic E-state index is 10.2. The van der Waals surface area contributed by atoms with E-state index in [2.05, 4.69) is 32.2 Å².